The average Bonchev–Trinajstić information content (AvgIpc) is 3.29. The molecule has 0 saturated heterocycles. The van der Waals surface area contributed by atoms with Crippen LogP contribution in [-0.4, -0.2) is 15.9 Å². The number of aromatic nitrogens is 2. The Balaban J connectivity index is 1.74. The third kappa shape index (κ3) is 3.54. The van der Waals surface area contributed by atoms with Crippen LogP contribution in [-0.2, 0) is 0 Å². The van der Waals surface area contributed by atoms with Crippen LogP contribution in [0.4, 0.5) is 0 Å². The number of hydrogen-bond acceptors (Lipinski definition) is 5. The Labute approximate surface area is 200 Å². The minimum absolute atomic E-state index is 0.297. The Morgan fingerprint density at radius 2 is 1.90 bits per heavy atom. The molecule has 5 rings (SSSR count). The van der Waals surface area contributed by atoms with E-state index in [0.717, 1.165) is 14.3 Å². The van der Waals surface area contributed by atoms with E-state index in [4.69, 9.17) is 8.83 Å². The van der Waals surface area contributed by atoms with Crippen molar-refractivity contribution in [2.45, 2.75) is 0 Å². The Bertz CT molecular complexity index is 1500. The van der Waals surface area contributed by atoms with Crippen molar-refractivity contribution in [2.75, 3.05) is 0 Å². The summed E-state index contributed by atoms with van der Waals surface area (Å²) >= 11 is 8.94. The van der Waals surface area contributed by atoms with Gasteiger partial charge in [0, 0.05) is 38.5 Å². The van der Waals surface area contributed by atoms with Gasteiger partial charge in [0.15, 0.2) is 9.53 Å². The predicted octanol–water partition coefficient (Wildman–Crippen LogP) is 6.41. The molecule has 2 aromatic carbocycles. The lowest BCUT2D eigenvalue weighted by molar-refractivity contribution is 0.529. The van der Waals surface area contributed by atoms with Crippen molar-refractivity contribution in [1.29, 1.82) is 0 Å². The molecule has 3 aromatic heterocycles. The van der Waals surface area contributed by atoms with E-state index in [1.165, 1.54) is 10.9 Å². The fraction of sp³-hybridized carbons (Fsp3) is 0. The molecule has 0 fully saturated rings. The van der Waals surface area contributed by atoms with Crippen LogP contribution in [0.2, 0.25) is 0 Å². The molecule has 0 atom stereocenters. The molecule has 0 aliphatic heterocycles. The third-order valence-corrected chi connectivity index (χ3v) is 7.04. The van der Waals surface area contributed by atoms with E-state index in [1.807, 2.05) is 30.3 Å². The normalized spacial score (nSPS) is 11.8. The Morgan fingerprint density at radius 1 is 1.07 bits per heavy atom. The van der Waals surface area contributed by atoms with Gasteiger partial charge in [-0.15, -0.1) is 0 Å². The minimum Gasteiger partial charge on any atom is -0.453 e. The van der Waals surface area contributed by atoms with Gasteiger partial charge in [0.25, 0.3) is 5.56 Å². The second-order valence-corrected chi connectivity index (χ2v) is 9.13. The van der Waals surface area contributed by atoms with E-state index in [2.05, 4.69) is 64.5 Å². The lowest BCUT2D eigenvalue weighted by atomic mass is 10.2. The first kappa shape index (κ1) is 19.7. The molecule has 0 bridgehead atoms. The quantitative estimate of drug-likeness (QED) is 0.169. The first-order valence-electron chi connectivity index (χ1n) is 8.70. The highest BCUT2D eigenvalue weighted by molar-refractivity contribution is 14.1. The van der Waals surface area contributed by atoms with Crippen molar-refractivity contribution in [3.05, 3.63) is 83.4 Å². The van der Waals surface area contributed by atoms with Gasteiger partial charge in [-0.05, 0) is 52.3 Å². The van der Waals surface area contributed by atoms with Crippen molar-refractivity contribution in [3.63, 3.8) is 0 Å². The van der Waals surface area contributed by atoms with Crippen LogP contribution in [0, 0.1) is 3.77 Å². The molecule has 30 heavy (non-hydrogen) atoms. The summed E-state index contributed by atoms with van der Waals surface area (Å²) in [5, 5.41) is 5.73. The standard InChI is InChI=1S/C21H10Br2IN3O3/c22-12-5-6-17-11(7-12)8-18(30-17)20-26-16-4-2-1-3-14(16)21(28)27(20)25-10-13-9-15(23)19(24)29-13/h1-10H. The zero-order chi connectivity index (χ0) is 20.8. The maximum absolute atomic E-state index is 13.2. The maximum atomic E-state index is 13.2. The summed E-state index contributed by atoms with van der Waals surface area (Å²) in [4.78, 5) is 17.9. The average molecular weight is 639 g/mol. The van der Waals surface area contributed by atoms with E-state index >= 15 is 0 Å². The van der Waals surface area contributed by atoms with Crippen LogP contribution in [0.25, 0.3) is 33.5 Å². The molecule has 0 saturated carbocycles. The van der Waals surface area contributed by atoms with Crippen molar-refractivity contribution in [2.24, 2.45) is 5.10 Å². The fourth-order valence-corrected chi connectivity index (χ4v) is 4.15. The molecule has 0 radical (unpaired) electrons. The van der Waals surface area contributed by atoms with Crippen molar-refractivity contribution in [1.82, 2.24) is 9.66 Å². The highest BCUT2D eigenvalue weighted by Crippen LogP contribution is 2.29. The van der Waals surface area contributed by atoms with Gasteiger partial charge in [-0.25, -0.2) is 4.98 Å². The highest BCUT2D eigenvalue weighted by Gasteiger charge is 2.16. The third-order valence-electron chi connectivity index (χ3n) is 4.42. The second kappa shape index (κ2) is 7.78. The summed E-state index contributed by atoms with van der Waals surface area (Å²) in [6, 6.07) is 16.5. The molecule has 9 heteroatoms. The Hall–Kier alpha value is -2.24. The Morgan fingerprint density at radius 3 is 2.70 bits per heavy atom. The topological polar surface area (TPSA) is 73.5 Å². The lowest BCUT2D eigenvalue weighted by Gasteiger charge is -2.06. The van der Waals surface area contributed by atoms with Gasteiger partial charge >= 0.3 is 0 Å². The Kier molecular flexibility index (Phi) is 5.11. The summed E-state index contributed by atoms with van der Waals surface area (Å²) in [6.45, 7) is 0. The number of hydrogen-bond donors (Lipinski definition) is 0. The highest BCUT2D eigenvalue weighted by atomic mass is 127. The molecule has 0 amide bonds. The number of benzene rings is 2. The van der Waals surface area contributed by atoms with E-state index < -0.39 is 0 Å². The van der Waals surface area contributed by atoms with Crippen LogP contribution in [0.3, 0.4) is 0 Å². The van der Waals surface area contributed by atoms with Crippen LogP contribution in [0.5, 0.6) is 0 Å². The van der Waals surface area contributed by atoms with E-state index in [-0.39, 0.29) is 5.56 Å². The van der Waals surface area contributed by atoms with Crippen LogP contribution in [0.1, 0.15) is 5.76 Å². The van der Waals surface area contributed by atoms with Crippen molar-refractivity contribution < 1.29 is 8.83 Å². The van der Waals surface area contributed by atoms with Gasteiger partial charge < -0.3 is 8.83 Å². The van der Waals surface area contributed by atoms with Crippen LogP contribution < -0.4 is 5.56 Å². The van der Waals surface area contributed by atoms with E-state index in [9.17, 15) is 4.79 Å². The van der Waals surface area contributed by atoms with Gasteiger partial charge in [0.05, 0.1) is 21.6 Å². The smallest absolute Gasteiger partial charge is 0.282 e. The summed E-state index contributed by atoms with van der Waals surface area (Å²) in [5.74, 6) is 1.26. The fourth-order valence-electron chi connectivity index (χ4n) is 3.06. The predicted molar refractivity (Wildman–Crippen MR) is 131 cm³/mol. The summed E-state index contributed by atoms with van der Waals surface area (Å²) in [5.41, 5.74) is 0.963. The molecule has 148 valence electrons. The van der Waals surface area contributed by atoms with Gasteiger partial charge in [-0.1, -0.05) is 28.1 Å². The van der Waals surface area contributed by atoms with Gasteiger partial charge in [0.2, 0.25) is 5.82 Å². The molecular weight excluding hydrogens is 629 g/mol. The first-order chi connectivity index (χ1) is 14.5. The number of nitrogens with zero attached hydrogens (tertiary/aromatic N) is 3. The molecule has 0 N–H and O–H groups in total. The SMILES string of the molecule is O=c1c2ccccc2nc(-c2cc3cc(Br)ccc3o2)n1N=Cc1cc(Br)c(I)o1. The van der Waals surface area contributed by atoms with Crippen LogP contribution in [0.15, 0.2) is 82.3 Å². The number of rotatable bonds is 3. The number of para-hydroxylation sites is 1. The lowest BCUT2D eigenvalue weighted by Crippen LogP contribution is -2.20. The summed E-state index contributed by atoms with van der Waals surface area (Å²) in [6.07, 6.45) is 1.48. The number of furan rings is 2. The number of fused-ring (bicyclic) bond motifs is 2. The number of halogens is 3. The largest absolute Gasteiger partial charge is 0.453 e. The van der Waals surface area contributed by atoms with E-state index in [0.29, 0.717) is 37.6 Å². The molecule has 5 aromatic rings. The molecule has 0 aliphatic carbocycles. The first-order valence-corrected chi connectivity index (χ1v) is 11.4. The van der Waals surface area contributed by atoms with Gasteiger partial charge in [0.1, 0.15) is 11.3 Å². The van der Waals surface area contributed by atoms with Crippen LogP contribution >= 0.6 is 54.5 Å². The molecule has 3 heterocycles. The molecule has 6 nitrogen and oxygen atoms in total. The minimum atomic E-state index is -0.297. The molecular formula is C21H10Br2IN3O3. The molecule has 0 unspecified atom stereocenters. The van der Waals surface area contributed by atoms with Gasteiger partial charge in [-0.2, -0.15) is 9.78 Å². The van der Waals surface area contributed by atoms with Gasteiger partial charge in [-0.3, -0.25) is 4.79 Å². The van der Waals surface area contributed by atoms with E-state index in [1.54, 1.807) is 24.3 Å². The molecule has 0 spiro atoms. The van der Waals surface area contributed by atoms with Crippen molar-refractivity contribution in [3.8, 4) is 11.6 Å². The molecule has 0 aliphatic rings. The summed E-state index contributed by atoms with van der Waals surface area (Å²) in [7, 11) is 0. The summed E-state index contributed by atoms with van der Waals surface area (Å²) < 4.78 is 15.3. The maximum Gasteiger partial charge on any atom is 0.282 e. The zero-order valence-corrected chi connectivity index (χ0v) is 20.3. The zero-order valence-electron chi connectivity index (χ0n) is 15.0. The monoisotopic (exact) mass is 637 g/mol. The van der Waals surface area contributed by atoms with Crippen molar-refractivity contribution >= 4 is 82.5 Å². The second-order valence-electron chi connectivity index (χ2n) is 6.38.